The van der Waals surface area contributed by atoms with Gasteiger partial charge >= 0.3 is 0 Å². The second kappa shape index (κ2) is 5.72. The molecule has 2 heterocycles. The standard InChI is InChI=1S/C15H26N2O3/c1-5-6-12-13(18)16-15(3,4)14(19)17(12)9-11-8-7-10(2)20-11/h10-12H,5-9H2,1-4H3,(H,16,18). The smallest absolute Gasteiger partial charge is 0.248 e. The molecular formula is C15H26N2O3. The summed E-state index contributed by atoms with van der Waals surface area (Å²) in [6.07, 6.45) is 3.90. The lowest BCUT2D eigenvalue weighted by Crippen LogP contribution is -2.68. The first-order valence-electron chi connectivity index (χ1n) is 7.63. The largest absolute Gasteiger partial charge is 0.373 e. The first kappa shape index (κ1) is 15.3. The Morgan fingerprint density at radius 3 is 2.60 bits per heavy atom. The van der Waals surface area contributed by atoms with E-state index in [1.54, 1.807) is 18.7 Å². The van der Waals surface area contributed by atoms with E-state index in [9.17, 15) is 9.59 Å². The molecule has 2 aliphatic heterocycles. The van der Waals surface area contributed by atoms with Crippen LogP contribution in [-0.2, 0) is 14.3 Å². The summed E-state index contributed by atoms with van der Waals surface area (Å²) in [5, 5.41) is 2.83. The fourth-order valence-electron chi connectivity index (χ4n) is 3.10. The van der Waals surface area contributed by atoms with Crippen LogP contribution in [0, 0.1) is 0 Å². The zero-order valence-electron chi connectivity index (χ0n) is 12.9. The average molecular weight is 282 g/mol. The monoisotopic (exact) mass is 282 g/mol. The quantitative estimate of drug-likeness (QED) is 0.849. The van der Waals surface area contributed by atoms with Crippen LogP contribution in [0.5, 0.6) is 0 Å². The van der Waals surface area contributed by atoms with Crippen molar-refractivity contribution in [1.29, 1.82) is 0 Å². The number of amides is 2. The first-order valence-corrected chi connectivity index (χ1v) is 7.63. The second-order valence-electron chi connectivity index (χ2n) is 6.52. The summed E-state index contributed by atoms with van der Waals surface area (Å²) in [5.74, 6) is -0.0406. The summed E-state index contributed by atoms with van der Waals surface area (Å²) in [6.45, 7) is 8.15. The zero-order chi connectivity index (χ0) is 14.9. The number of hydrogen-bond acceptors (Lipinski definition) is 3. The van der Waals surface area contributed by atoms with E-state index in [0.29, 0.717) is 13.0 Å². The van der Waals surface area contributed by atoms with Gasteiger partial charge in [0.05, 0.1) is 12.2 Å². The van der Waals surface area contributed by atoms with E-state index < -0.39 is 5.54 Å². The molecule has 114 valence electrons. The van der Waals surface area contributed by atoms with Crippen LogP contribution < -0.4 is 5.32 Å². The molecule has 0 aromatic heterocycles. The highest BCUT2D eigenvalue weighted by Gasteiger charge is 2.45. The number of carbonyl (C=O) groups excluding carboxylic acids is 2. The van der Waals surface area contributed by atoms with Crippen LogP contribution in [-0.4, -0.2) is 47.0 Å². The topological polar surface area (TPSA) is 58.6 Å². The maximum atomic E-state index is 12.6. The van der Waals surface area contributed by atoms with Crippen molar-refractivity contribution in [3.8, 4) is 0 Å². The zero-order valence-corrected chi connectivity index (χ0v) is 12.9. The van der Waals surface area contributed by atoms with Gasteiger partial charge < -0.3 is 15.0 Å². The molecule has 0 aromatic rings. The van der Waals surface area contributed by atoms with Crippen molar-refractivity contribution < 1.29 is 14.3 Å². The minimum atomic E-state index is -0.814. The third-order valence-electron chi connectivity index (χ3n) is 4.19. The second-order valence-corrected chi connectivity index (χ2v) is 6.52. The Morgan fingerprint density at radius 2 is 2.05 bits per heavy atom. The van der Waals surface area contributed by atoms with Gasteiger partial charge in [-0.3, -0.25) is 9.59 Å². The van der Waals surface area contributed by atoms with E-state index in [0.717, 1.165) is 19.3 Å². The highest BCUT2D eigenvalue weighted by Crippen LogP contribution is 2.25. The molecule has 1 N–H and O–H groups in total. The maximum Gasteiger partial charge on any atom is 0.248 e. The van der Waals surface area contributed by atoms with Gasteiger partial charge in [-0.15, -0.1) is 0 Å². The lowest BCUT2D eigenvalue weighted by molar-refractivity contribution is -0.155. The molecule has 2 aliphatic rings. The van der Waals surface area contributed by atoms with Crippen LogP contribution >= 0.6 is 0 Å². The number of hydrogen-bond donors (Lipinski definition) is 1. The van der Waals surface area contributed by atoms with E-state index >= 15 is 0 Å². The third kappa shape index (κ3) is 2.97. The lowest BCUT2D eigenvalue weighted by Gasteiger charge is -2.43. The number of nitrogens with zero attached hydrogens (tertiary/aromatic N) is 1. The molecule has 2 amide bonds. The fourth-order valence-corrected chi connectivity index (χ4v) is 3.10. The summed E-state index contributed by atoms with van der Waals surface area (Å²) in [7, 11) is 0. The van der Waals surface area contributed by atoms with Crippen molar-refractivity contribution in [2.75, 3.05) is 6.54 Å². The molecule has 0 bridgehead atoms. The van der Waals surface area contributed by atoms with Crippen molar-refractivity contribution in [3.63, 3.8) is 0 Å². The average Bonchev–Trinajstić information content (AvgIpc) is 2.76. The molecule has 5 heteroatoms. The summed E-state index contributed by atoms with van der Waals surface area (Å²) >= 11 is 0. The number of ether oxygens (including phenoxy) is 1. The van der Waals surface area contributed by atoms with Gasteiger partial charge in [0.25, 0.3) is 0 Å². The molecule has 3 unspecified atom stereocenters. The summed E-state index contributed by atoms with van der Waals surface area (Å²) in [6, 6.07) is -0.347. The SMILES string of the molecule is CCCC1C(=O)NC(C)(C)C(=O)N1CC1CCC(C)O1. The third-order valence-corrected chi connectivity index (χ3v) is 4.19. The highest BCUT2D eigenvalue weighted by molar-refractivity contribution is 5.99. The first-order chi connectivity index (χ1) is 9.35. The van der Waals surface area contributed by atoms with Crippen molar-refractivity contribution in [2.45, 2.75) is 77.2 Å². The molecule has 0 aromatic carbocycles. The van der Waals surface area contributed by atoms with Gasteiger partial charge in [-0.1, -0.05) is 13.3 Å². The molecule has 2 rings (SSSR count). The number of carbonyl (C=O) groups is 2. The molecule has 2 saturated heterocycles. The minimum absolute atomic E-state index is 0.00120. The Balaban J connectivity index is 2.14. The molecule has 5 nitrogen and oxygen atoms in total. The van der Waals surface area contributed by atoms with Gasteiger partial charge in [-0.05, 0) is 40.0 Å². The van der Waals surface area contributed by atoms with E-state index in [4.69, 9.17) is 4.74 Å². The van der Waals surface area contributed by atoms with Crippen LogP contribution in [0.2, 0.25) is 0 Å². The highest BCUT2D eigenvalue weighted by atomic mass is 16.5. The number of piperazine rings is 1. The van der Waals surface area contributed by atoms with E-state index in [-0.39, 0.29) is 30.1 Å². The van der Waals surface area contributed by atoms with E-state index in [1.165, 1.54) is 0 Å². The fraction of sp³-hybridized carbons (Fsp3) is 0.867. The van der Waals surface area contributed by atoms with Crippen LogP contribution in [0.4, 0.5) is 0 Å². The Morgan fingerprint density at radius 1 is 1.35 bits per heavy atom. The molecule has 20 heavy (non-hydrogen) atoms. The van der Waals surface area contributed by atoms with Gasteiger partial charge in [0, 0.05) is 6.54 Å². The molecule has 0 saturated carbocycles. The molecule has 2 fully saturated rings. The molecule has 0 spiro atoms. The number of nitrogens with one attached hydrogen (secondary N) is 1. The van der Waals surface area contributed by atoms with Gasteiger partial charge in [-0.25, -0.2) is 0 Å². The van der Waals surface area contributed by atoms with Crippen LogP contribution in [0.1, 0.15) is 53.4 Å². The van der Waals surface area contributed by atoms with Crippen LogP contribution in [0.3, 0.4) is 0 Å². The normalized spacial score (nSPS) is 33.4. The number of rotatable bonds is 4. The molecule has 0 radical (unpaired) electrons. The summed E-state index contributed by atoms with van der Waals surface area (Å²) < 4.78 is 5.82. The van der Waals surface area contributed by atoms with E-state index in [2.05, 4.69) is 12.2 Å². The van der Waals surface area contributed by atoms with Gasteiger partial charge in [0.15, 0.2) is 0 Å². The predicted molar refractivity (Wildman–Crippen MR) is 76.2 cm³/mol. The van der Waals surface area contributed by atoms with Crippen molar-refractivity contribution in [1.82, 2.24) is 10.2 Å². The van der Waals surface area contributed by atoms with E-state index in [1.807, 2.05) is 6.92 Å². The Kier molecular flexibility index (Phi) is 4.37. The lowest BCUT2D eigenvalue weighted by atomic mass is 9.94. The summed E-state index contributed by atoms with van der Waals surface area (Å²) in [5.41, 5.74) is -0.814. The molecule has 3 atom stereocenters. The van der Waals surface area contributed by atoms with Crippen LogP contribution in [0.15, 0.2) is 0 Å². The van der Waals surface area contributed by atoms with Gasteiger partial charge in [0.2, 0.25) is 11.8 Å². The Hall–Kier alpha value is -1.10. The predicted octanol–water partition coefficient (Wildman–Crippen LogP) is 1.46. The van der Waals surface area contributed by atoms with Crippen molar-refractivity contribution >= 4 is 11.8 Å². The maximum absolute atomic E-state index is 12.6. The Bertz CT molecular complexity index is 395. The minimum Gasteiger partial charge on any atom is -0.373 e. The molecular weight excluding hydrogens is 256 g/mol. The van der Waals surface area contributed by atoms with Crippen molar-refractivity contribution in [3.05, 3.63) is 0 Å². The van der Waals surface area contributed by atoms with Gasteiger partial charge in [0.1, 0.15) is 11.6 Å². The van der Waals surface area contributed by atoms with Crippen molar-refractivity contribution in [2.24, 2.45) is 0 Å². The Labute approximate surface area is 121 Å². The summed E-state index contributed by atoms with van der Waals surface area (Å²) in [4.78, 5) is 26.6. The molecule has 0 aliphatic carbocycles. The van der Waals surface area contributed by atoms with Gasteiger partial charge in [-0.2, -0.15) is 0 Å². The van der Waals surface area contributed by atoms with Crippen LogP contribution in [0.25, 0.3) is 0 Å².